The monoisotopic (exact) mass is 1950 g/mol. The molecule has 1 fully saturated rings. The largest absolute Gasteiger partial charge is 0.494 e. The van der Waals surface area contributed by atoms with Crippen molar-refractivity contribution < 1.29 is 42.9 Å². The fourth-order valence-electron chi connectivity index (χ4n) is 19.3. The van der Waals surface area contributed by atoms with Crippen LogP contribution in [0.5, 0.6) is 23.0 Å². The number of carbonyl (C=O) groups is 4. The number of ether oxygens (including phenoxy) is 5. The van der Waals surface area contributed by atoms with E-state index in [4.69, 9.17) is 98.4 Å². The van der Waals surface area contributed by atoms with Gasteiger partial charge in [-0.1, -0.05) is 154 Å². The number of nitrogens with one attached hydrogen (secondary N) is 2. The van der Waals surface area contributed by atoms with Crippen molar-refractivity contribution in [3.63, 3.8) is 0 Å². The average Bonchev–Trinajstić information content (AvgIpc) is 1.57. The first-order valence-corrected chi connectivity index (χ1v) is 48.7. The highest BCUT2D eigenvalue weighted by atomic mass is 35.5. The number of aryl methyl sites for hydroxylation is 16. The zero-order chi connectivity index (χ0) is 97.4. The van der Waals surface area contributed by atoms with Gasteiger partial charge in [-0.2, -0.15) is 15.3 Å². The molecule has 1 saturated heterocycles. The van der Waals surface area contributed by atoms with Crippen molar-refractivity contribution in [1.29, 1.82) is 0 Å². The zero-order valence-electron chi connectivity index (χ0n) is 81.0. The van der Waals surface area contributed by atoms with Gasteiger partial charge < -0.3 is 38.9 Å². The Labute approximate surface area is 828 Å². The van der Waals surface area contributed by atoms with Crippen LogP contribution in [0.25, 0.3) is 55.4 Å². The van der Waals surface area contributed by atoms with Crippen LogP contribution in [0, 0.1) is 104 Å². The average molecular weight is 1950 g/mol. The molecule has 13 aromatic rings. The molecule has 0 radical (unpaired) electrons. The number of aromatic nitrogens is 7. The van der Waals surface area contributed by atoms with Gasteiger partial charge in [0.2, 0.25) is 5.91 Å². The normalized spacial score (nSPS) is 12.9. The SMILES string of the molecule is Cc1cc(CNC(=O)C2=C(CCCOc3cc(C)c(Cl)c(C)c3)c3ccc(Cl)c(-c4c(C)nn(C)c4C)c3C2)cc(OC=O)c1.Cc1ccc(CC(=O)C2=C(CCCOc3cc(C)c(Cl)c(C)c3)c3ccc(Cl)c(-c4c(C)nn(C)c4C)c3C2)cc1.Cc1cccc(CNC(=O)c2c(CCCOc3cc(C)c(Cl)c(C)c3)c3ccc(Cl)c(-c4c(C)nn(C)c4C)c3n2CCN2CCOCC2)c1. The van der Waals surface area contributed by atoms with Gasteiger partial charge in [-0.3, -0.25) is 38.1 Å². The smallest absolute Gasteiger partial charge is 0.298 e. The molecule has 1 aliphatic heterocycles. The number of allylic oxidation sites excluding steroid dienone is 3. The number of halogens is 6. The minimum absolute atomic E-state index is 0.105. The molecule has 25 heteroatoms. The molecule has 0 unspecified atom stereocenters. The molecule has 0 bridgehead atoms. The van der Waals surface area contributed by atoms with Crippen molar-refractivity contribution in [3.05, 3.63) is 315 Å². The molecule has 5 heterocycles. The lowest BCUT2D eigenvalue weighted by molar-refractivity contribution is -0.121. The second-order valence-electron chi connectivity index (χ2n) is 36.2. The molecular weight excluding hydrogens is 1830 g/mol. The van der Waals surface area contributed by atoms with Gasteiger partial charge in [0.15, 0.2) is 5.78 Å². The fourth-order valence-corrected chi connectivity index (χ4v) is 20.4. The van der Waals surface area contributed by atoms with Crippen molar-refractivity contribution >= 4 is 116 Å². The summed E-state index contributed by atoms with van der Waals surface area (Å²) in [6, 6.07) is 45.8. The number of Topliss-reactive ketones (excluding diaryl/α,β-unsaturated/α-hetero) is 1. The number of amides is 2. The topological polar surface area (TPSA) is 200 Å². The summed E-state index contributed by atoms with van der Waals surface area (Å²) in [5.41, 5.74) is 34.4. The molecule has 0 spiro atoms. The molecule has 2 N–H and O–H groups in total. The predicted molar refractivity (Wildman–Crippen MR) is 551 cm³/mol. The van der Waals surface area contributed by atoms with Crippen LogP contribution >= 0.6 is 69.6 Å². The summed E-state index contributed by atoms with van der Waals surface area (Å²) in [5, 5.41) is 25.7. The molecule has 9 aromatic carbocycles. The number of benzene rings is 9. The van der Waals surface area contributed by atoms with Crippen LogP contribution in [0.2, 0.25) is 30.1 Å². The van der Waals surface area contributed by atoms with Gasteiger partial charge in [-0.25, -0.2) is 0 Å². The lowest BCUT2D eigenvalue weighted by atomic mass is 9.93. The van der Waals surface area contributed by atoms with Gasteiger partial charge in [0.05, 0.1) is 60.7 Å². The van der Waals surface area contributed by atoms with Crippen LogP contribution in [0.15, 0.2) is 151 Å². The van der Waals surface area contributed by atoms with E-state index in [9.17, 15) is 19.2 Å². The molecule has 4 aromatic heterocycles. The Morgan fingerprint density at radius 3 is 1.35 bits per heavy atom. The highest BCUT2D eigenvalue weighted by Crippen LogP contribution is 2.50. The molecule has 0 atom stereocenters. The minimum atomic E-state index is -0.146. The number of carbonyl (C=O) groups excluding carboxylic acids is 4. The Balaban J connectivity index is 0.000000164. The van der Waals surface area contributed by atoms with E-state index in [0.717, 1.165) is 249 Å². The van der Waals surface area contributed by atoms with Crippen molar-refractivity contribution in [3.8, 4) is 56.4 Å². The van der Waals surface area contributed by atoms with Crippen LogP contribution in [-0.2, 0) is 85.6 Å². The second-order valence-corrected chi connectivity index (χ2v) is 38.6. The van der Waals surface area contributed by atoms with E-state index < -0.39 is 0 Å². The molecular formula is C111H120Cl6N10O9. The zero-order valence-corrected chi connectivity index (χ0v) is 85.6. The standard InChI is InChI=1S/C40H47Cl2N5O3.C36H37Cl2N3O4.C35H36Cl2N2O2/c1-25-9-7-10-30(21-25)24-43-40(48)39-32(11-8-18-50-31-22-26(2)37(42)27(3)23-31)33-12-13-34(41)36(35-28(4)44-45(6)29(35)5)38(33)47(39)15-14-46-16-19-49-20-17-46;1-20-12-25(16-26(13-20)45-19-42)18-39-36(43)31-17-30-29(9-10-32(37)34(30)33-23(4)40-41(6)24(33)5)28(31)8-7-11-44-27-14-21(2)35(38)22(3)15-27;1-20-9-11-25(12-10-20)18-32(40)29-19-30-28(13-14-31(36)34(30)33-23(4)38-39(6)24(33)5)27(29)8-7-15-41-26-16-21(2)35(37)22(3)17-26/h7,9-10,12-13,21-23H,8,11,14-20,24H2,1-6H3,(H,43,48);9-10,12-16,19H,7-8,11,17-18H2,1-6H3,(H,39,43);9-14,16-17H,7-8,15,18-19H2,1-6H3. The number of nitrogens with zero attached hydrogens (tertiary/aromatic N) is 8. The summed E-state index contributed by atoms with van der Waals surface area (Å²) in [5.74, 6) is 2.74. The summed E-state index contributed by atoms with van der Waals surface area (Å²) in [6.45, 7) is 37.3. The van der Waals surface area contributed by atoms with Crippen LogP contribution in [0.1, 0.15) is 171 Å². The molecule has 3 aliphatic rings. The number of hydrogen-bond donors (Lipinski definition) is 2. The van der Waals surface area contributed by atoms with Crippen molar-refractivity contribution in [2.24, 2.45) is 21.1 Å². The third kappa shape index (κ3) is 22.8. The van der Waals surface area contributed by atoms with E-state index in [0.29, 0.717) is 130 Å². The van der Waals surface area contributed by atoms with Crippen LogP contribution in [0.4, 0.5) is 0 Å². The Kier molecular flexibility index (Phi) is 32.9. The van der Waals surface area contributed by atoms with Crippen molar-refractivity contribution in [2.75, 3.05) is 52.7 Å². The van der Waals surface area contributed by atoms with Crippen molar-refractivity contribution in [1.82, 2.24) is 49.4 Å². The molecule has 710 valence electrons. The number of ketones is 1. The van der Waals surface area contributed by atoms with E-state index in [1.165, 1.54) is 5.56 Å². The Bertz CT molecular complexity index is 6750. The van der Waals surface area contributed by atoms with Crippen LogP contribution < -0.4 is 29.6 Å². The van der Waals surface area contributed by atoms with E-state index in [2.05, 4.69) is 94.4 Å². The Hall–Kier alpha value is -11.2. The molecule has 2 amide bonds. The van der Waals surface area contributed by atoms with Crippen LogP contribution in [-0.4, -0.2) is 116 Å². The molecule has 136 heavy (non-hydrogen) atoms. The molecule has 16 rings (SSSR count). The maximum absolute atomic E-state index is 14.5. The number of fused-ring (bicyclic) bond motifs is 3. The lowest BCUT2D eigenvalue weighted by Crippen LogP contribution is -2.38. The Morgan fingerprint density at radius 2 is 0.875 bits per heavy atom. The first kappa shape index (κ1) is 101. The highest BCUT2D eigenvalue weighted by molar-refractivity contribution is 6.36. The summed E-state index contributed by atoms with van der Waals surface area (Å²) >= 11 is 40.0. The predicted octanol–water partition coefficient (Wildman–Crippen LogP) is 25.0. The van der Waals surface area contributed by atoms with Gasteiger partial charge in [-0.05, 0) is 304 Å². The maximum Gasteiger partial charge on any atom is 0.298 e. The van der Waals surface area contributed by atoms with E-state index in [-0.39, 0.29) is 24.1 Å². The van der Waals surface area contributed by atoms with Crippen molar-refractivity contribution in [2.45, 2.75) is 181 Å². The highest BCUT2D eigenvalue weighted by Gasteiger charge is 2.35. The maximum atomic E-state index is 14.5. The van der Waals surface area contributed by atoms with Gasteiger partial charge in [-0.15, -0.1) is 0 Å². The van der Waals surface area contributed by atoms with E-state index in [1.54, 1.807) is 12.1 Å². The number of rotatable bonds is 32. The van der Waals surface area contributed by atoms with Gasteiger partial charge in [0, 0.05) is 172 Å². The number of morpholine rings is 1. The van der Waals surface area contributed by atoms with E-state index in [1.807, 2.05) is 202 Å². The van der Waals surface area contributed by atoms with Gasteiger partial charge >= 0.3 is 0 Å². The molecule has 19 nitrogen and oxygen atoms in total. The molecule has 0 saturated carbocycles. The third-order valence-electron chi connectivity index (χ3n) is 26.3. The quantitative estimate of drug-likeness (QED) is 0.0298. The lowest BCUT2D eigenvalue weighted by Gasteiger charge is -2.27. The second kappa shape index (κ2) is 44.5. The fraction of sp³-hybridized carbons (Fsp3) is 0.342. The summed E-state index contributed by atoms with van der Waals surface area (Å²) < 4.78 is 37.0. The summed E-state index contributed by atoms with van der Waals surface area (Å²) in [6.07, 6.45) is 5.62. The first-order chi connectivity index (χ1) is 65.0. The van der Waals surface area contributed by atoms with Gasteiger partial charge in [0.1, 0.15) is 28.7 Å². The summed E-state index contributed by atoms with van der Waals surface area (Å²) in [7, 11) is 5.83. The molecule has 2 aliphatic carbocycles. The number of hydrogen-bond acceptors (Lipinski definition) is 13. The third-order valence-corrected chi connectivity index (χ3v) is 29.0. The first-order valence-electron chi connectivity index (χ1n) is 46.4. The Morgan fingerprint density at radius 1 is 0.434 bits per heavy atom. The van der Waals surface area contributed by atoms with Crippen LogP contribution in [0.3, 0.4) is 0 Å². The minimum Gasteiger partial charge on any atom is -0.494 e. The summed E-state index contributed by atoms with van der Waals surface area (Å²) in [4.78, 5) is 55.6. The van der Waals surface area contributed by atoms with E-state index >= 15 is 0 Å². The van der Waals surface area contributed by atoms with Gasteiger partial charge in [0.25, 0.3) is 12.4 Å².